The van der Waals surface area contributed by atoms with Gasteiger partial charge in [0.2, 0.25) is 5.91 Å². The van der Waals surface area contributed by atoms with Gasteiger partial charge in [0.15, 0.2) is 22.8 Å². The summed E-state index contributed by atoms with van der Waals surface area (Å²) in [6, 6.07) is -1.29. The van der Waals surface area contributed by atoms with E-state index in [9.17, 15) is 37.8 Å². The lowest BCUT2D eigenvalue weighted by Crippen LogP contribution is -2.68. The van der Waals surface area contributed by atoms with E-state index in [1.807, 2.05) is 17.8 Å². The molecule has 1 aliphatic rings. The molecule has 190 valence electrons. The van der Waals surface area contributed by atoms with Crippen molar-refractivity contribution in [1.29, 1.82) is 0 Å². The van der Waals surface area contributed by atoms with Crippen molar-refractivity contribution >= 4 is 40.6 Å². The van der Waals surface area contributed by atoms with Crippen molar-refractivity contribution in [3.8, 4) is 0 Å². The van der Waals surface area contributed by atoms with E-state index in [0.717, 1.165) is 22.4 Å². The van der Waals surface area contributed by atoms with Crippen molar-refractivity contribution in [3.05, 3.63) is 33.9 Å². The molecular weight excluding hydrogens is 488 g/mol. The molecule has 1 aliphatic heterocycles. The summed E-state index contributed by atoms with van der Waals surface area (Å²) in [4.78, 5) is 65.5. The molecule has 3 amide bonds. The van der Waals surface area contributed by atoms with E-state index < -0.39 is 64.0 Å². The summed E-state index contributed by atoms with van der Waals surface area (Å²) in [5.41, 5.74) is 3.97. The standard InChI is InChI=1S/C19H24N6O9S/c1-4-10-7-20-25-13(27)6-11(21-15(10)25)16(28)22-23-18(31)34-8-19(3,35(32)33)14(17(29)30)24-9(2)5-12(24)26/h6-7,9,14,20H,4-5,8H2,1-3H3,(H,22,28)(H,23,31)(H,29,30)(H,32,33)/t9-,14+,19+/m1/s1. The first-order chi connectivity index (χ1) is 16.4. The number of carboxylic acids is 1. The van der Waals surface area contributed by atoms with E-state index in [-0.39, 0.29) is 17.8 Å². The molecule has 0 spiro atoms. The van der Waals surface area contributed by atoms with Crippen LogP contribution in [0.25, 0.3) is 5.65 Å². The number of aliphatic carboxylic acids is 1. The number of nitrogens with zero attached hydrogens (tertiary/aromatic N) is 3. The van der Waals surface area contributed by atoms with Gasteiger partial charge in [-0.05, 0) is 20.3 Å². The van der Waals surface area contributed by atoms with Crippen molar-refractivity contribution in [3.63, 3.8) is 0 Å². The Labute approximate surface area is 200 Å². The number of aromatic nitrogens is 3. The Bertz CT molecular complexity index is 1270. The molecule has 3 heterocycles. The molecule has 1 saturated heterocycles. The maximum atomic E-state index is 12.4. The number of carbonyl (C=O) groups excluding carboxylic acids is 3. The maximum Gasteiger partial charge on any atom is 0.426 e. The quantitative estimate of drug-likeness (QED) is 0.165. The third-order valence-electron chi connectivity index (χ3n) is 5.68. The topological polar surface area (TPSA) is 212 Å². The Morgan fingerprint density at radius 1 is 1.37 bits per heavy atom. The first-order valence-electron chi connectivity index (χ1n) is 10.4. The fourth-order valence-corrected chi connectivity index (χ4v) is 4.28. The van der Waals surface area contributed by atoms with Crippen LogP contribution in [-0.2, 0) is 31.8 Å². The number of carboxylic acid groups (broad SMARTS) is 1. The van der Waals surface area contributed by atoms with Gasteiger partial charge in [0.25, 0.3) is 11.5 Å². The fraction of sp³-hybridized carbons (Fsp3) is 0.474. The summed E-state index contributed by atoms with van der Waals surface area (Å²) in [6.45, 7) is 3.62. The summed E-state index contributed by atoms with van der Waals surface area (Å²) in [5.74, 6) is -3.01. The van der Waals surface area contributed by atoms with Gasteiger partial charge in [-0.25, -0.2) is 28.7 Å². The van der Waals surface area contributed by atoms with Gasteiger partial charge in [-0.3, -0.25) is 24.9 Å². The second-order valence-corrected chi connectivity index (χ2v) is 9.53. The lowest BCUT2D eigenvalue weighted by atomic mass is 9.92. The smallest absolute Gasteiger partial charge is 0.426 e. The lowest BCUT2D eigenvalue weighted by molar-refractivity contribution is -0.163. The zero-order chi connectivity index (χ0) is 26.1. The van der Waals surface area contributed by atoms with E-state index in [0.29, 0.717) is 12.0 Å². The van der Waals surface area contributed by atoms with Gasteiger partial charge in [0.05, 0.1) is 0 Å². The minimum Gasteiger partial charge on any atom is -0.480 e. The summed E-state index contributed by atoms with van der Waals surface area (Å²) < 4.78 is 25.8. The van der Waals surface area contributed by atoms with Crippen LogP contribution in [0.2, 0.25) is 0 Å². The number of hydrogen-bond acceptors (Lipinski definition) is 8. The highest BCUT2D eigenvalue weighted by Gasteiger charge is 2.54. The number of H-pyrrole nitrogens is 1. The van der Waals surface area contributed by atoms with Crippen LogP contribution in [0.15, 0.2) is 17.1 Å². The molecule has 2 aromatic rings. The normalized spacial score (nSPS) is 18.8. The number of β-lactam (4-membered cyclic amide) rings is 1. The van der Waals surface area contributed by atoms with Crippen LogP contribution in [0, 0.1) is 0 Å². The third-order valence-corrected chi connectivity index (χ3v) is 6.82. The lowest BCUT2D eigenvalue weighted by Gasteiger charge is -2.47. The predicted octanol–water partition coefficient (Wildman–Crippen LogP) is -0.990. The minimum atomic E-state index is -2.83. The van der Waals surface area contributed by atoms with Crippen molar-refractivity contribution in [2.45, 2.75) is 50.4 Å². The first-order valence-corrected chi connectivity index (χ1v) is 11.5. The predicted molar refractivity (Wildman–Crippen MR) is 119 cm³/mol. The van der Waals surface area contributed by atoms with Gasteiger partial charge in [0.1, 0.15) is 17.0 Å². The maximum absolute atomic E-state index is 12.4. The molecular formula is C19H24N6O9S. The number of aromatic amines is 1. The van der Waals surface area contributed by atoms with Crippen LogP contribution in [0.1, 0.15) is 43.2 Å². The number of aryl methyl sites for hydroxylation is 1. The molecule has 1 unspecified atom stereocenters. The van der Waals surface area contributed by atoms with Crippen molar-refractivity contribution < 1.29 is 37.8 Å². The largest absolute Gasteiger partial charge is 0.480 e. The first kappa shape index (κ1) is 25.8. The summed E-state index contributed by atoms with van der Waals surface area (Å²) in [6.07, 6.45) is 0.911. The zero-order valence-corrected chi connectivity index (χ0v) is 19.7. The molecule has 0 radical (unpaired) electrons. The van der Waals surface area contributed by atoms with Crippen molar-refractivity contribution in [1.82, 2.24) is 30.3 Å². The Balaban J connectivity index is 1.67. The van der Waals surface area contributed by atoms with Gasteiger partial charge in [-0.1, -0.05) is 6.92 Å². The fourth-order valence-electron chi connectivity index (χ4n) is 3.71. The molecule has 35 heavy (non-hydrogen) atoms. The van der Waals surface area contributed by atoms with Crippen LogP contribution < -0.4 is 16.4 Å². The summed E-state index contributed by atoms with van der Waals surface area (Å²) in [7, 11) is 0. The molecule has 5 N–H and O–H groups in total. The number of hydrazine groups is 1. The molecule has 16 heteroatoms. The number of carbonyl (C=O) groups is 4. The van der Waals surface area contributed by atoms with Gasteiger partial charge >= 0.3 is 12.1 Å². The Morgan fingerprint density at radius 2 is 2.06 bits per heavy atom. The molecule has 4 atom stereocenters. The zero-order valence-electron chi connectivity index (χ0n) is 18.9. The number of ether oxygens (including phenoxy) is 1. The Hall–Kier alpha value is -3.79. The Morgan fingerprint density at radius 3 is 2.60 bits per heavy atom. The minimum absolute atomic E-state index is 0.0806. The molecule has 0 bridgehead atoms. The molecule has 0 aromatic carbocycles. The van der Waals surface area contributed by atoms with E-state index in [1.54, 1.807) is 13.1 Å². The van der Waals surface area contributed by atoms with Crippen LogP contribution in [0.3, 0.4) is 0 Å². The highest BCUT2D eigenvalue weighted by Crippen LogP contribution is 2.31. The van der Waals surface area contributed by atoms with Crippen LogP contribution in [0.5, 0.6) is 0 Å². The van der Waals surface area contributed by atoms with Gasteiger partial charge in [-0.2, -0.15) is 0 Å². The number of rotatable bonds is 8. The second kappa shape index (κ2) is 9.83. The van der Waals surface area contributed by atoms with E-state index in [1.165, 1.54) is 0 Å². The number of hydrogen-bond donors (Lipinski definition) is 5. The highest BCUT2D eigenvalue weighted by molar-refractivity contribution is 7.80. The summed E-state index contributed by atoms with van der Waals surface area (Å²) in [5, 5.41) is 12.3. The molecule has 0 saturated carbocycles. The number of fused-ring (bicyclic) bond motifs is 1. The molecule has 15 nitrogen and oxygen atoms in total. The average molecular weight is 513 g/mol. The third kappa shape index (κ3) is 4.88. The number of nitrogens with one attached hydrogen (secondary N) is 3. The second-order valence-electron chi connectivity index (χ2n) is 8.10. The van der Waals surface area contributed by atoms with E-state index >= 15 is 0 Å². The van der Waals surface area contributed by atoms with Crippen LogP contribution in [0.4, 0.5) is 4.79 Å². The van der Waals surface area contributed by atoms with Gasteiger partial charge in [-0.15, -0.1) is 0 Å². The molecule has 1 fully saturated rings. The monoisotopic (exact) mass is 512 g/mol. The molecule has 2 aromatic heterocycles. The van der Waals surface area contributed by atoms with Gasteiger partial charge < -0.3 is 19.3 Å². The SMILES string of the molecule is CCc1c[nH]n2c(=O)cc(C(=O)NNC(=O)OC[C@@](C)([C@H](C(=O)O)N3C(=O)C[C@H]3C)S(=O)O)nc12. The number of likely N-dealkylation sites (tertiary alicyclic amines) is 1. The highest BCUT2D eigenvalue weighted by atomic mass is 32.2. The van der Waals surface area contributed by atoms with Gasteiger partial charge in [0, 0.05) is 30.3 Å². The van der Waals surface area contributed by atoms with Crippen molar-refractivity contribution in [2.24, 2.45) is 0 Å². The number of amides is 3. The average Bonchev–Trinajstić information content (AvgIpc) is 3.22. The Kier molecular flexibility index (Phi) is 7.25. The summed E-state index contributed by atoms with van der Waals surface area (Å²) >= 11 is -2.83. The molecule has 0 aliphatic carbocycles. The molecule has 3 rings (SSSR count). The van der Waals surface area contributed by atoms with Crippen molar-refractivity contribution in [2.75, 3.05) is 6.61 Å². The van der Waals surface area contributed by atoms with Crippen LogP contribution in [-0.4, -0.2) is 80.7 Å². The van der Waals surface area contributed by atoms with E-state index in [2.05, 4.69) is 10.1 Å². The van der Waals surface area contributed by atoms with E-state index in [4.69, 9.17) is 4.74 Å². The van der Waals surface area contributed by atoms with Crippen LogP contribution >= 0.6 is 0 Å².